The quantitative estimate of drug-likeness (QED) is 0.307. The van der Waals surface area contributed by atoms with E-state index >= 15 is 0 Å². The number of hydrogen-bond acceptors (Lipinski definition) is 5. The van der Waals surface area contributed by atoms with E-state index in [9.17, 15) is 24.6 Å². The molecular formula is C28H29N3O5. The van der Waals surface area contributed by atoms with E-state index in [2.05, 4.69) is 10.6 Å². The van der Waals surface area contributed by atoms with Crippen molar-refractivity contribution in [2.75, 3.05) is 23.8 Å². The lowest BCUT2D eigenvalue weighted by molar-refractivity contribution is 0.0500. The van der Waals surface area contributed by atoms with E-state index in [4.69, 9.17) is 0 Å². The first-order chi connectivity index (χ1) is 17.4. The lowest BCUT2D eigenvalue weighted by Crippen LogP contribution is -2.45. The predicted octanol–water partition coefficient (Wildman–Crippen LogP) is 4.19. The molecule has 0 aliphatic carbocycles. The number of nitrogens with zero attached hydrogens (tertiary/aromatic N) is 1. The van der Waals surface area contributed by atoms with Crippen molar-refractivity contribution in [2.45, 2.75) is 32.2 Å². The summed E-state index contributed by atoms with van der Waals surface area (Å²) in [6, 6.07) is 17.9. The Morgan fingerprint density at radius 3 is 2.28 bits per heavy atom. The van der Waals surface area contributed by atoms with E-state index in [1.54, 1.807) is 54.6 Å². The van der Waals surface area contributed by atoms with Crippen LogP contribution in [0.1, 0.15) is 55.9 Å². The molecule has 1 fully saturated rings. The van der Waals surface area contributed by atoms with E-state index < -0.39 is 23.5 Å². The van der Waals surface area contributed by atoms with Crippen LogP contribution in [0.5, 0.6) is 5.75 Å². The number of amides is 3. The molecule has 1 heterocycles. The minimum Gasteiger partial charge on any atom is -0.505 e. The lowest BCUT2D eigenvalue weighted by Gasteiger charge is -2.35. The van der Waals surface area contributed by atoms with Crippen molar-refractivity contribution in [3.63, 3.8) is 0 Å². The maximum absolute atomic E-state index is 13.5. The Morgan fingerprint density at radius 2 is 1.58 bits per heavy atom. The first kappa shape index (κ1) is 24.9. The first-order valence-corrected chi connectivity index (χ1v) is 11.9. The van der Waals surface area contributed by atoms with Crippen molar-refractivity contribution in [1.82, 2.24) is 4.90 Å². The van der Waals surface area contributed by atoms with Gasteiger partial charge in [0.2, 0.25) is 0 Å². The zero-order valence-electron chi connectivity index (χ0n) is 20.0. The Hall–Kier alpha value is -4.17. The number of anilines is 2. The van der Waals surface area contributed by atoms with Gasteiger partial charge in [-0.1, -0.05) is 35.9 Å². The van der Waals surface area contributed by atoms with Gasteiger partial charge in [-0.3, -0.25) is 14.4 Å². The van der Waals surface area contributed by atoms with Gasteiger partial charge in [0, 0.05) is 23.4 Å². The third-order valence-corrected chi connectivity index (χ3v) is 6.29. The number of nitrogens with one attached hydrogen (secondary N) is 2. The van der Waals surface area contributed by atoms with Crippen molar-refractivity contribution in [3.05, 3.63) is 89.0 Å². The average molecular weight is 488 g/mol. The number of aryl methyl sites for hydroxylation is 1. The summed E-state index contributed by atoms with van der Waals surface area (Å²) in [5.74, 6) is -1.75. The first-order valence-electron chi connectivity index (χ1n) is 11.9. The Balaban J connectivity index is 1.70. The van der Waals surface area contributed by atoms with E-state index in [1.807, 2.05) is 6.92 Å². The van der Waals surface area contributed by atoms with Gasteiger partial charge < -0.3 is 25.7 Å². The van der Waals surface area contributed by atoms with Gasteiger partial charge in [0.05, 0.1) is 23.9 Å². The second-order valence-electron chi connectivity index (χ2n) is 8.89. The number of carbonyl (C=O) groups is 3. The lowest BCUT2D eigenvalue weighted by atomic mass is 10.0. The van der Waals surface area contributed by atoms with Crippen LogP contribution in [-0.2, 0) is 0 Å². The minimum atomic E-state index is -0.479. The molecule has 1 saturated heterocycles. The van der Waals surface area contributed by atoms with Crippen LogP contribution in [0.3, 0.4) is 0 Å². The molecule has 1 aliphatic rings. The highest BCUT2D eigenvalue weighted by molar-refractivity contribution is 6.09. The molecule has 1 atom stereocenters. The van der Waals surface area contributed by atoms with Crippen molar-refractivity contribution >= 4 is 29.1 Å². The maximum Gasteiger partial charge on any atom is 0.258 e. The maximum atomic E-state index is 13.5. The van der Waals surface area contributed by atoms with Crippen LogP contribution < -0.4 is 10.6 Å². The molecule has 1 aliphatic heterocycles. The van der Waals surface area contributed by atoms with Crippen LogP contribution in [0.2, 0.25) is 0 Å². The zero-order valence-corrected chi connectivity index (χ0v) is 20.0. The number of aromatic hydroxyl groups is 1. The smallest absolute Gasteiger partial charge is 0.258 e. The molecular weight excluding hydrogens is 458 g/mol. The highest BCUT2D eigenvalue weighted by Gasteiger charge is 2.30. The molecule has 186 valence electrons. The SMILES string of the molecule is Cc1ccc(C(=O)Nc2cc(NC(=O)c3ccccc3)cc(C(=O)N3CCCCC3CO)c2O)cc1. The van der Waals surface area contributed by atoms with Crippen LogP contribution in [0, 0.1) is 6.92 Å². The molecule has 3 amide bonds. The molecule has 0 spiro atoms. The number of piperidine rings is 1. The van der Waals surface area contributed by atoms with Gasteiger partial charge in [-0.15, -0.1) is 0 Å². The summed E-state index contributed by atoms with van der Waals surface area (Å²) in [6.45, 7) is 2.16. The number of rotatable bonds is 6. The van der Waals surface area contributed by atoms with E-state index in [-0.39, 0.29) is 29.6 Å². The van der Waals surface area contributed by atoms with Gasteiger partial charge >= 0.3 is 0 Å². The number of benzene rings is 3. The van der Waals surface area contributed by atoms with E-state index in [0.717, 1.165) is 18.4 Å². The van der Waals surface area contributed by atoms with Crippen LogP contribution in [-0.4, -0.2) is 52.0 Å². The normalized spacial score (nSPS) is 15.3. The van der Waals surface area contributed by atoms with Crippen LogP contribution in [0.4, 0.5) is 11.4 Å². The van der Waals surface area contributed by atoms with Crippen molar-refractivity contribution in [1.29, 1.82) is 0 Å². The fraction of sp³-hybridized carbons (Fsp3) is 0.250. The summed E-state index contributed by atoms with van der Waals surface area (Å²) >= 11 is 0. The topological polar surface area (TPSA) is 119 Å². The summed E-state index contributed by atoms with van der Waals surface area (Å²) in [4.78, 5) is 40.7. The number of hydrogen-bond donors (Lipinski definition) is 4. The summed E-state index contributed by atoms with van der Waals surface area (Å²) in [5, 5.41) is 26.2. The Labute approximate surface area is 209 Å². The predicted molar refractivity (Wildman–Crippen MR) is 137 cm³/mol. The summed E-state index contributed by atoms with van der Waals surface area (Å²) in [5.41, 5.74) is 1.95. The second-order valence-corrected chi connectivity index (χ2v) is 8.89. The fourth-order valence-electron chi connectivity index (χ4n) is 4.27. The Morgan fingerprint density at radius 1 is 0.917 bits per heavy atom. The van der Waals surface area contributed by atoms with Gasteiger partial charge in [-0.25, -0.2) is 0 Å². The largest absolute Gasteiger partial charge is 0.505 e. The molecule has 8 heteroatoms. The third-order valence-electron chi connectivity index (χ3n) is 6.29. The monoisotopic (exact) mass is 487 g/mol. The van der Waals surface area contributed by atoms with Crippen molar-refractivity contribution < 1.29 is 24.6 Å². The highest BCUT2D eigenvalue weighted by atomic mass is 16.3. The molecule has 8 nitrogen and oxygen atoms in total. The van der Waals surface area contributed by atoms with E-state index in [0.29, 0.717) is 24.1 Å². The van der Waals surface area contributed by atoms with Gasteiger partial charge in [0.1, 0.15) is 0 Å². The van der Waals surface area contributed by atoms with Gasteiger partial charge in [-0.05, 0) is 62.6 Å². The average Bonchev–Trinajstić information content (AvgIpc) is 2.90. The molecule has 4 N–H and O–H groups in total. The van der Waals surface area contributed by atoms with E-state index in [1.165, 1.54) is 17.0 Å². The molecule has 0 bridgehead atoms. The van der Waals surface area contributed by atoms with Crippen molar-refractivity contribution in [2.24, 2.45) is 0 Å². The third kappa shape index (κ3) is 5.55. The standard InChI is InChI=1S/C28H29N3O5/c1-18-10-12-20(13-11-18)27(35)30-24-16-21(29-26(34)19-7-3-2-4-8-19)15-23(25(24)33)28(36)31-14-6-5-9-22(31)17-32/h2-4,7-8,10-13,15-16,22,32-33H,5-6,9,14,17H2,1H3,(H,29,34)(H,30,35). The molecule has 3 aromatic rings. The number of likely N-dealkylation sites (tertiary alicyclic amines) is 1. The highest BCUT2D eigenvalue weighted by Crippen LogP contribution is 2.34. The van der Waals surface area contributed by atoms with Crippen LogP contribution in [0.15, 0.2) is 66.7 Å². The second kappa shape index (κ2) is 11.0. The number of carbonyl (C=O) groups excluding carboxylic acids is 3. The summed E-state index contributed by atoms with van der Waals surface area (Å²) < 4.78 is 0. The minimum absolute atomic E-state index is 0.00709. The molecule has 4 rings (SSSR count). The number of phenolic OH excluding ortho intramolecular Hbond substituents is 1. The Bertz CT molecular complexity index is 1260. The number of phenols is 1. The van der Waals surface area contributed by atoms with Crippen LogP contribution in [0.25, 0.3) is 0 Å². The zero-order chi connectivity index (χ0) is 25.7. The summed E-state index contributed by atoms with van der Waals surface area (Å²) in [7, 11) is 0. The van der Waals surface area contributed by atoms with Crippen LogP contribution >= 0.6 is 0 Å². The molecule has 0 saturated carbocycles. The molecule has 0 radical (unpaired) electrons. The molecule has 1 unspecified atom stereocenters. The molecule has 36 heavy (non-hydrogen) atoms. The van der Waals surface area contributed by atoms with Gasteiger partial charge in [-0.2, -0.15) is 0 Å². The summed E-state index contributed by atoms with van der Waals surface area (Å²) in [6.07, 6.45) is 2.33. The Kier molecular flexibility index (Phi) is 7.65. The van der Waals surface area contributed by atoms with Gasteiger partial charge in [0.15, 0.2) is 5.75 Å². The number of aliphatic hydroxyl groups is 1. The van der Waals surface area contributed by atoms with Crippen molar-refractivity contribution in [3.8, 4) is 5.75 Å². The number of aliphatic hydroxyl groups excluding tert-OH is 1. The van der Waals surface area contributed by atoms with Gasteiger partial charge in [0.25, 0.3) is 17.7 Å². The molecule has 3 aromatic carbocycles. The molecule has 0 aromatic heterocycles. The fourth-order valence-corrected chi connectivity index (χ4v) is 4.27.